The highest BCUT2D eigenvalue weighted by molar-refractivity contribution is 5.97. The number of nitrogens with two attached hydrogens (primary N) is 1. The van der Waals surface area contributed by atoms with Gasteiger partial charge in [-0.15, -0.1) is 0 Å². The Bertz CT molecular complexity index is 953. The Hall–Kier alpha value is -3.07. The molecule has 7 nitrogen and oxygen atoms in total. The van der Waals surface area contributed by atoms with Crippen LogP contribution in [0, 0.1) is 17.6 Å². The first-order valence-electron chi connectivity index (χ1n) is 8.98. The Labute approximate surface area is 166 Å². The van der Waals surface area contributed by atoms with Crippen LogP contribution >= 0.6 is 0 Å². The first-order valence-corrected chi connectivity index (χ1v) is 8.98. The number of ether oxygens (including phenoxy) is 2. The van der Waals surface area contributed by atoms with Crippen LogP contribution in [0.25, 0.3) is 0 Å². The lowest BCUT2D eigenvalue weighted by atomic mass is 9.82. The van der Waals surface area contributed by atoms with Crippen molar-refractivity contribution in [1.29, 1.82) is 0 Å². The zero-order chi connectivity index (χ0) is 21.3. The molecule has 29 heavy (non-hydrogen) atoms. The largest absolute Gasteiger partial charge is 0.493 e. The lowest BCUT2D eigenvalue weighted by Gasteiger charge is -2.23. The predicted octanol–water partition coefficient (Wildman–Crippen LogP) is 2.61. The van der Waals surface area contributed by atoms with Gasteiger partial charge in [-0.05, 0) is 31.0 Å². The van der Waals surface area contributed by atoms with Crippen molar-refractivity contribution >= 4 is 17.5 Å². The van der Waals surface area contributed by atoms with Gasteiger partial charge in [-0.1, -0.05) is 13.0 Å². The quantitative estimate of drug-likeness (QED) is 0.796. The third-order valence-corrected chi connectivity index (χ3v) is 5.18. The number of pyridine rings is 1. The number of benzene rings is 1. The molecule has 154 valence electrons. The summed E-state index contributed by atoms with van der Waals surface area (Å²) >= 11 is 0. The number of nitrogens with one attached hydrogen (secondary N) is 1. The molecule has 1 aromatic heterocycles. The van der Waals surface area contributed by atoms with Gasteiger partial charge in [-0.25, -0.2) is 4.39 Å². The molecule has 9 heteroatoms. The van der Waals surface area contributed by atoms with Gasteiger partial charge in [0.15, 0.2) is 11.6 Å². The number of rotatable bonds is 5. The van der Waals surface area contributed by atoms with Crippen molar-refractivity contribution in [3.63, 3.8) is 0 Å². The highest BCUT2D eigenvalue weighted by Crippen LogP contribution is 2.44. The van der Waals surface area contributed by atoms with E-state index in [1.165, 1.54) is 31.5 Å². The number of anilines is 1. The van der Waals surface area contributed by atoms with Crippen molar-refractivity contribution in [3.05, 3.63) is 53.4 Å². The molecular weight excluding hydrogens is 384 g/mol. The van der Waals surface area contributed by atoms with E-state index in [2.05, 4.69) is 10.3 Å². The van der Waals surface area contributed by atoms with Crippen molar-refractivity contribution in [2.24, 2.45) is 11.7 Å². The van der Waals surface area contributed by atoms with Gasteiger partial charge in [0.1, 0.15) is 11.8 Å². The van der Waals surface area contributed by atoms with Crippen molar-refractivity contribution in [2.75, 3.05) is 12.4 Å². The fourth-order valence-electron chi connectivity index (χ4n) is 3.55. The van der Waals surface area contributed by atoms with Gasteiger partial charge in [0.2, 0.25) is 5.82 Å². The highest BCUT2D eigenvalue weighted by atomic mass is 19.2. The minimum absolute atomic E-state index is 0.00398. The van der Waals surface area contributed by atoms with Crippen LogP contribution in [0.1, 0.15) is 35.8 Å². The smallest absolute Gasteiger partial charge is 0.267 e. The molecule has 2 heterocycles. The van der Waals surface area contributed by atoms with E-state index in [9.17, 15) is 18.4 Å². The van der Waals surface area contributed by atoms with Crippen LogP contribution in [0.4, 0.5) is 14.5 Å². The third-order valence-electron chi connectivity index (χ3n) is 5.18. The van der Waals surface area contributed by atoms with E-state index >= 15 is 0 Å². The Kier molecular flexibility index (Phi) is 5.78. The maximum atomic E-state index is 14.2. The predicted molar refractivity (Wildman–Crippen MR) is 101 cm³/mol. The molecule has 3 N–H and O–H groups in total. The number of carbonyl (C=O) groups is 2. The normalized spacial score (nSPS) is 23.6. The number of hydrogen-bond acceptors (Lipinski definition) is 5. The molecule has 3 rings (SSSR count). The SMILES string of the molecule is COc1c([C@H]2[C@@H](C)[C@@H](C)O[C@H]2C(=O)Nc2ccnc(C(N)=O)c2)ccc(F)c1F. The number of primary amides is 1. The molecular formula is C20H21F2N3O4. The first kappa shape index (κ1) is 20.7. The summed E-state index contributed by atoms with van der Waals surface area (Å²) in [5.74, 6) is -4.39. The molecule has 1 aliphatic heterocycles. The number of nitrogens with zero attached hydrogens (tertiary/aromatic N) is 1. The Morgan fingerprint density at radius 2 is 1.97 bits per heavy atom. The minimum atomic E-state index is -1.11. The summed E-state index contributed by atoms with van der Waals surface area (Å²) in [5, 5.41) is 2.66. The number of hydrogen-bond donors (Lipinski definition) is 2. The average Bonchev–Trinajstić information content (AvgIpc) is 2.99. The van der Waals surface area contributed by atoms with Gasteiger partial charge >= 0.3 is 0 Å². The van der Waals surface area contributed by atoms with Crippen molar-refractivity contribution < 1.29 is 27.8 Å². The maximum Gasteiger partial charge on any atom is 0.267 e. The Morgan fingerprint density at radius 3 is 2.62 bits per heavy atom. The van der Waals surface area contributed by atoms with Crippen molar-refractivity contribution in [1.82, 2.24) is 4.98 Å². The van der Waals surface area contributed by atoms with Crippen LogP contribution in [-0.4, -0.2) is 36.1 Å². The van der Waals surface area contributed by atoms with Crippen LogP contribution in [0.2, 0.25) is 0 Å². The average molecular weight is 405 g/mol. The van der Waals surface area contributed by atoms with Crippen molar-refractivity contribution in [2.45, 2.75) is 32.0 Å². The second-order valence-corrected chi connectivity index (χ2v) is 6.91. The van der Waals surface area contributed by atoms with E-state index < -0.39 is 35.5 Å². The highest BCUT2D eigenvalue weighted by Gasteiger charge is 2.46. The second-order valence-electron chi connectivity index (χ2n) is 6.91. The summed E-state index contributed by atoms with van der Waals surface area (Å²) in [7, 11) is 1.24. The molecule has 1 aromatic carbocycles. The van der Waals surface area contributed by atoms with Crippen LogP contribution in [0.3, 0.4) is 0 Å². The number of methoxy groups -OCH3 is 1. The summed E-state index contributed by atoms with van der Waals surface area (Å²) < 4.78 is 38.8. The first-order chi connectivity index (χ1) is 13.7. The molecule has 1 saturated heterocycles. The van der Waals surface area contributed by atoms with E-state index in [1.807, 2.05) is 6.92 Å². The van der Waals surface area contributed by atoms with E-state index in [0.717, 1.165) is 6.07 Å². The van der Waals surface area contributed by atoms with Crippen LogP contribution in [0.15, 0.2) is 30.5 Å². The standard InChI is InChI=1S/C20H21F2N3O4/c1-9-10(2)29-18(15(9)12-4-5-13(21)16(22)17(12)28-3)20(27)25-11-6-7-24-14(8-11)19(23)26/h4-10,15,18H,1-3H3,(H2,23,26)(H,24,25,27)/t9-,10+,15+,18+/m0/s1. The molecule has 1 aliphatic rings. The van der Waals surface area contributed by atoms with Gasteiger partial charge < -0.3 is 20.5 Å². The molecule has 0 spiro atoms. The fraction of sp³-hybridized carbons (Fsp3) is 0.350. The maximum absolute atomic E-state index is 14.2. The lowest BCUT2D eigenvalue weighted by Crippen LogP contribution is -2.33. The van der Waals surface area contributed by atoms with Crippen LogP contribution in [-0.2, 0) is 9.53 Å². The van der Waals surface area contributed by atoms with Crippen LogP contribution < -0.4 is 15.8 Å². The molecule has 4 atom stereocenters. The van der Waals surface area contributed by atoms with Gasteiger partial charge in [0.05, 0.1) is 13.2 Å². The summed E-state index contributed by atoms with van der Waals surface area (Å²) in [6.45, 7) is 3.66. The molecule has 0 radical (unpaired) electrons. The summed E-state index contributed by atoms with van der Waals surface area (Å²) in [4.78, 5) is 28.1. The van der Waals surface area contributed by atoms with Gasteiger partial charge in [-0.3, -0.25) is 14.6 Å². The molecule has 2 aromatic rings. The minimum Gasteiger partial charge on any atom is -0.493 e. The number of halogens is 2. The van der Waals surface area contributed by atoms with E-state index in [0.29, 0.717) is 11.3 Å². The number of carbonyl (C=O) groups excluding carboxylic acids is 2. The topological polar surface area (TPSA) is 104 Å². The number of amides is 2. The van der Waals surface area contributed by atoms with E-state index in [4.69, 9.17) is 15.2 Å². The van der Waals surface area contributed by atoms with Crippen molar-refractivity contribution in [3.8, 4) is 5.75 Å². The Balaban J connectivity index is 1.94. The molecule has 2 amide bonds. The molecule has 1 fully saturated rings. The third kappa shape index (κ3) is 3.91. The molecule has 0 saturated carbocycles. The number of aromatic nitrogens is 1. The second kappa shape index (κ2) is 8.12. The zero-order valence-corrected chi connectivity index (χ0v) is 16.1. The van der Waals surface area contributed by atoms with Gasteiger partial charge in [0.25, 0.3) is 11.8 Å². The van der Waals surface area contributed by atoms with E-state index in [-0.39, 0.29) is 23.5 Å². The fourth-order valence-corrected chi connectivity index (χ4v) is 3.55. The monoisotopic (exact) mass is 405 g/mol. The molecule has 0 unspecified atom stereocenters. The Morgan fingerprint density at radius 1 is 1.24 bits per heavy atom. The molecule has 0 aliphatic carbocycles. The van der Waals surface area contributed by atoms with Gasteiger partial charge in [-0.2, -0.15) is 4.39 Å². The summed E-state index contributed by atoms with van der Waals surface area (Å²) in [6.07, 6.45) is 0.0444. The van der Waals surface area contributed by atoms with Gasteiger partial charge in [0, 0.05) is 23.4 Å². The van der Waals surface area contributed by atoms with E-state index in [1.54, 1.807) is 6.92 Å². The molecule has 0 bridgehead atoms. The summed E-state index contributed by atoms with van der Waals surface area (Å²) in [5.41, 5.74) is 5.86. The summed E-state index contributed by atoms with van der Waals surface area (Å²) in [6, 6.07) is 5.24. The lowest BCUT2D eigenvalue weighted by molar-refractivity contribution is -0.127. The van der Waals surface area contributed by atoms with Crippen LogP contribution in [0.5, 0.6) is 5.75 Å². The zero-order valence-electron chi connectivity index (χ0n) is 16.1.